The lowest BCUT2D eigenvalue weighted by atomic mass is 9.98. The molecule has 0 spiro atoms. The Bertz CT molecular complexity index is 704. The average molecular weight is 357 g/mol. The van der Waals surface area contributed by atoms with E-state index in [1.54, 1.807) is 0 Å². The molecule has 2 nitrogen and oxygen atoms in total. The van der Waals surface area contributed by atoms with E-state index in [2.05, 4.69) is 77.4 Å². The summed E-state index contributed by atoms with van der Waals surface area (Å²) in [6, 6.07) is 15.1. The maximum absolute atomic E-state index is 4.96. The summed E-state index contributed by atoms with van der Waals surface area (Å²) in [5.41, 5.74) is 6.49. The normalized spacial score (nSPS) is 15.5. The monoisotopic (exact) mass is 356 g/mol. The van der Waals surface area contributed by atoms with Crippen molar-refractivity contribution in [3.63, 3.8) is 0 Å². The summed E-state index contributed by atoms with van der Waals surface area (Å²) >= 11 is 3.72. The van der Waals surface area contributed by atoms with Crippen LogP contribution in [0.3, 0.4) is 0 Å². The Morgan fingerprint density at radius 1 is 1.00 bits per heavy atom. The zero-order valence-electron chi connectivity index (χ0n) is 13.1. The van der Waals surface area contributed by atoms with Crippen molar-refractivity contribution in [2.45, 2.75) is 12.8 Å². The van der Waals surface area contributed by atoms with Crippen molar-refractivity contribution < 1.29 is 0 Å². The fraction of sp³-hybridized carbons (Fsp3) is 0.316. The van der Waals surface area contributed by atoms with Gasteiger partial charge >= 0.3 is 0 Å². The minimum atomic E-state index is 0.822. The standard InChI is InChI=1S/C19H21BrN2/c1-22(2)13-12-21-19-15-7-4-3-6-14(15)10-11-16-17(19)8-5-9-18(16)20/h3-9H,10-13H2,1-2H3. The molecule has 0 aliphatic heterocycles. The number of likely N-dealkylation sites (N-methyl/N-ethyl adjacent to an activating group) is 1. The highest BCUT2D eigenvalue weighted by molar-refractivity contribution is 9.10. The summed E-state index contributed by atoms with van der Waals surface area (Å²) < 4.78 is 1.19. The molecule has 0 aromatic heterocycles. The molecule has 0 amide bonds. The summed E-state index contributed by atoms with van der Waals surface area (Å²) in [6.07, 6.45) is 2.12. The second-order valence-electron chi connectivity index (χ2n) is 5.96. The number of benzene rings is 2. The molecule has 0 bridgehead atoms. The van der Waals surface area contributed by atoms with Gasteiger partial charge in [-0.15, -0.1) is 0 Å². The van der Waals surface area contributed by atoms with Gasteiger partial charge in [0.05, 0.1) is 12.3 Å². The molecule has 3 heteroatoms. The van der Waals surface area contributed by atoms with E-state index < -0.39 is 0 Å². The van der Waals surface area contributed by atoms with Gasteiger partial charge in [-0.2, -0.15) is 0 Å². The van der Waals surface area contributed by atoms with Gasteiger partial charge in [0.2, 0.25) is 0 Å². The number of rotatable bonds is 3. The van der Waals surface area contributed by atoms with Gasteiger partial charge in [0.25, 0.3) is 0 Å². The predicted molar refractivity (Wildman–Crippen MR) is 97.1 cm³/mol. The lowest BCUT2D eigenvalue weighted by molar-refractivity contribution is 0.420. The quantitative estimate of drug-likeness (QED) is 0.812. The molecule has 0 heterocycles. The van der Waals surface area contributed by atoms with Crippen LogP contribution >= 0.6 is 15.9 Å². The molecule has 1 aliphatic carbocycles. The van der Waals surface area contributed by atoms with Crippen molar-refractivity contribution in [3.05, 3.63) is 69.2 Å². The minimum absolute atomic E-state index is 0.822. The van der Waals surface area contributed by atoms with E-state index in [-0.39, 0.29) is 0 Å². The van der Waals surface area contributed by atoms with Crippen LogP contribution in [0.1, 0.15) is 22.3 Å². The largest absolute Gasteiger partial charge is 0.308 e. The molecule has 22 heavy (non-hydrogen) atoms. The Kier molecular flexibility index (Phi) is 4.74. The number of nitrogens with zero attached hydrogens (tertiary/aromatic N) is 2. The fourth-order valence-electron chi connectivity index (χ4n) is 2.94. The Morgan fingerprint density at radius 3 is 2.59 bits per heavy atom. The van der Waals surface area contributed by atoms with Crippen LogP contribution in [0.25, 0.3) is 0 Å². The van der Waals surface area contributed by atoms with Crippen LogP contribution in [0.15, 0.2) is 51.9 Å². The van der Waals surface area contributed by atoms with Gasteiger partial charge < -0.3 is 4.90 Å². The highest BCUT2D eigenvalue weighted by Gasteiger charge is 2.20. The molecule has 2 aromatic carbocycles. The second-order valence-corrected chi connectivity index (χ2v) is 6.81. The number of aryl methyl sites for hydroxylation is 1. The molecule has 0 unspecified atom stereocenters. The van der Waals surface area contributed by atoms with Crippen molar-refractivity contribution in [1.82, 2.24) is 4.90 Å². The highest BCUT2D eigenvalue weighted by atomic mass is 79.9. The second kappa shape index (κ2) is 6.76. The third-order valence-electron chi connectivity index (χ3n) is 4.11. The van der Waals surface area contributed by atoms with Gasteiger partial charge in [-0.05, 0) is 44.1 Å². The van der Waals surface area contributed by atoms with Crippen LogP contribution in [-0.4, -0.2) is 37.8 Å². The molecular formula is C19H21BrN2. The molecule has 0 N–H and O–H groups in total. The lowest BCUT2D eigenvalue weighted by Crippen LogP contribution is -2.17. The average Bonchev–Trinajstić information content (AvgIpc) is 2.66. The van der Waals surface area contributed by atoms with Crippen LogP contribution in [0.2, 0.25) is 0 Å². The summed E-state index contributed by atoms with van der Waals surface area (Å²) in [6.45, 7) is 1.79. The first kappa shape index (κ1) is 15.4. The molecule has 0 radical (unpaired) electrons. The van der Waals surface area contributed by atoms with Crippen LogP contribution in [0, 0.1) is 0 Å². The Labute approximate surface area is 141 Å². The molecule has 2 aromatic rings. The van der Waals surface area contributed by atoms with E-state index in [1.807, 2.05) is 0 Å². The van der Waals surface area contributed by atoms with E-state index in [4.69, 9.17) is 4.99 Å². The van der Waals surface area contributed by atoms with Crippen molar-refractivity contribution in [2.24, 2.45) is 4.99 Å². The molecule has 0 saturated heterocycles. The number of aliphatic imine (C=N–C) groups is 1. The minimum Gasteiger partial charge on any atom is -0.308 e. The first-order valence-electron chi connectivity index (χ1n) is 7.72. The predicted octanol–water partition coefficient (Wildman–Crippen LogP) is 3.95. The van der Waals surface area contributed by atoms with Gasteiger partial charge in [0.15, 0.2) is 0 Å². The zero-order valence-corrected chi connectivity index (χ0v) is 14.7. The maximum atomic E-state index is 4.96. The van der Waals surface area contributed by atoms with Crippen LogP contribution in [-0.2, 0) is 12.8 Å². The summed E-state index contributed by atoms with van der Waals surface area (Å²) in [5.74, 6) is 0. The fourth-order valence-corrected chi connectivity index (χ4v) is 3.51. The number of hydrogen-bond acceptors (Lipinski definition) is 2. The van der Waals surface area contributed by atoms with Gasteiger partial charge in [-0.1, -0.05) is 52.3 Å². The molecule has 3 rings (SSSR count). The zero-order chi connectivity index (χ0) is 15.5. The van der Waals surface area contributed by atoms with E-state index in [9.17, 15) is 0 Å². The number of halogens is 1. The van der Waals surface area contributed by atoms with Crippen LogP contribution in [0.5, 0.6) is 0 Å². The summed E-state index contributed by atoms with van der Waals surface area (Å²) in [4.78, 5) is 7.14. The third kappa shape index (κ3) is 3.16. The SMILES string of the molecule is CN(C)CCN=C1c2ccccc2CCc2c(Br)cccc21. The lowest BCUT2D eigenvalue weighted by Gasteiger charge is -2.13. The van der Waals surface area contributed by atoms with Crippen LogP contribution in [0.4, 0.5) is 0 Å². The van der Waals surface area contributed by atoms with Crippen molar-refractivity contribution >= 4 is 21.6 Å². The van der Waals surface area contributed by atoms with E-state index in [1.165, 1.54) is 26.7 Å². The molecular weight excluding hydrogens is 336 g/mol. The molecule has 0 atom stereocenters. The van der Waals surface area contributed by atoms with Gasteiger partial charge in [0, 0.05) is 22.1 Å². The molecule has 0 fully saturated rings. The van der Waals surface area contributed by atoms with E-state index >= 15 is 0 Å². The Balaban J connectivity index is 2.11. The van der Waals surface area contributed by atoms with Crippen molar-refractivity contribution in [3.8, 4) is 0 Å². The third-order valence-corrected chi connectivity index (χ3v) is 4.85. The van der Waals surface area contributed by atoms with Gasteiger partial charge in [0.1, 0.15) is 0 Å². The Hall–Kier alpha value is -1.45. The van der Waals surface area contributed by atoms with E-state index in [0.717, 1.165) is 31.6 Å². The van der Waals surface area contributed by atoms with Crippen LogP contribution < -0.4 is 0 Å². The van der Waals surface area contributed by atoms with Gasteiger partial charge in [-0.25, -0.2) is 0 Å². The first-order valence-corrected chi connectivity index (χ1v) is 8.51. The summed E-state index contributed by atoms with van der Waals surface area (Å²) in [7, 11) is 4.18. The molecule has 1 aliphatic rings. The maximum Gasteiger partial charge on any atom is 0.0725 e. The first-order chi connectivity index (χ1) is 10.7. The molecule has 0 saturated carbocycles. The molecule has 114 valence electrons. The van der Waals surface area contributed by atoms with E-state index in [0.29, 0.717) is 0 Å². The highest BCUT2D eigenvalue weighted by Crippen LogP contribution is 2.29. The Morgan fingerprint density at radius 2 is 1.77 bits per heavy atom. The smallest absolute Gasteiger partial charge is 0.0725 e. The number of hydrogen-bond donors (Lipinski definition) is 0. The number of fused-ring (bicyclic) bond motifs is 2. The topological polar surface area (TPSA) is 15.6 Å². The van der Waals surface area contributed by atoms with Crippen molar-refractivity contribution in [2.75, 3.05) is 27.2 Å². The summed E-state index contributed by atoms with van der Waals surface area (Å²) in [5, 5.41) is 0. The van der Waals surface area contributed by atoms with Gasteiger partial charge in [-0.3, -0.25) is 4.99 Å². The van der Waals surface area contributed by atoms with Crippen molar-refractivity contribution in [1.29, 1.82) is 0 Å².